The number of nitro groups is 1. The second kappa shape index (κ2) is 5.40. The van der Waals surface area contributed by atoms with E-state index in [1.54, 1.807) is 6.07 Å². The van der Waals surface area contributed by atoms with E-state index in [0.717, 1.165) is 25.7 Å². The van der Waals surface area contributed by atoms with E-state index in [1.807, 2.05) is 0 Å². The molecule has 0 saturated heterocycles. The summed E-state index contributed by atoms with van der Waals surface area (Å²) in [7, 11) is 0. The molecule has 0 spiro atoms. The summed E-state index contributed by atoms with van der Waals surface area (Å²) in [6, 6.07) is 4.07. The van der Waals surface area contributed by atoms with Crippen molar-refractivity contribution in [1.82, 2.24) is 4.98 Å². The van der Waals surface area contributed by atoms with Crippen molar-refractivity contribution < 1.29 is 9.34 Å². The summed E-state index contributed by atoms with van der Waals surface area (Å²) < 4.78 is 5.34. The molecule has 0 atom stereocenters. The van der Waals surface area contributed by atoms with Crippen molar-refractivity contribution >= 4 is 22.5 Å². The Bertz CT molecular complexity index is 711. The molecule has 21 heavy (non-hydrogen) atoms. The van der Waals surface area contributed by atoms with Crippen LogP contribution in [0.25, 0.3) is 11.1 Å². The van der Waals surface area contributed by atoms with Gasteiger partial charge in [-0.25, -0.2) is 4.98 Å². The van der Waals surface area contributed by atoms with Crippen LogP contribution < -0.4 is 5.32 Å². The van der Waals surface area contributed by atoms with E-state index in [4.69, 9.17) is 9.68 Å². The summed E-state index contributed by atoms with van der Waals surface area (Å²) in [4.78, 5) is 14.7. The number of fused-ring (bicyclic) bond motifs is 1. The minimum absolute atomic E-state index is 0.0835. The second-order valence-corrected chi connectivity index (χ2v) is 5.23. The molecule has 0 amide bonds. The average Bonchev–Trinajstić information content (AvgIpc) is 2.97. The highest BCUT2D eigenvalue weighted by Crippen LogP contribution is 2.35. The Labute approximate surface area is 120 Å². The lowest BCUT2D eigenvalue weighted by atomic mass is 9.87. The molecule has 1 aliphatic rings. The molecular formula is C14H14N4O3. The third-order valence-corrected chi connectivity index (χ3v) is 3.91. The van der Waals surface area contributed by atoms with Crippen LogP contribution in [0.15, 0.2) is 22.9 Å². The zero-order chi connectivity index (χ0) is 14.8. The van der Waals surface area contributed by atoms with E-state index in [-0.39, 0.29) is 17.6 Å². The van der Waals surface area contributed by atoms with Gasteiger partial charge in [0, 0.05) is 18.0 Å². The number of rotatable bonds is 3. The zero-order valence-electron chi connectivity index (χ0n) is 11.3. The van der Waals surface area contributed by atoms with Crippen LogP contribution in [0.4, 0.5) is 11.4 Å². The Morgan fingerprint density at radius 3 is 2.86 bits per heavy atom. The third kappa shape index (κ3) is 2.52. The molecule has 108 valence electrons. The molecular weight excluding hydrogens is 272 g/mol. The van der Waals surface area contributed by atoms with Gasteiger partial charge < -0.3 is 9.73 Å². The molecule has 0 unspecified atom stereocenters. The molecule has 1 N–H and O–H groups in total. The summed E-state index contributed by atoms with van der Waals surface area (Å²) in [6.07, 6.45) is 5.99. The molecule has 3 rings (SSSR count). The van der Waals surface area contributed by atoms with Gasteiger partial charge >= 0.3 is 5.69 Å². The van der Waals surface area contributed by atoms with Crippen LogP contribution in [0.5, 0.6) is 0 Å². The lowest BCUT2D eigenvalue weighted by molar-refractivity contribution is -0.384. The van der Waals surface area contributed by atoms with Crippen LogP contribution in [0.1, 0.15) is 25.7 Å². The molecule has 0 aliphatic heterocycles. The number of furan rings is 1. The molecule has 2 aromatic heterocycles. The standard InChI is InChI=1S/C14H14N4O3/c15-7-9-1-3-10(4-2-9)17-13-12(18(19)20)8-16-11-5-6-21-14(11)13/h5-6,8-10H,1-4H2,(H,16,17). The van der Waals surface area contributed by atoms with Crippen molar-refractivity contribution in [3.63, 3.8) is 0 Å². The van der Waals surface area contributed by atoms with Gasteiger partial charge in [-0.2, -0.15) is 5.26 Å². The Kier molecular flexibility index (Phi) is 3.44. The van der Waals surface area contributed by atoms with Crippen molar-refractivity contribution in [2.24, 2.45) is 5.92 Å². The van der Waals surface area contributed by atoms with Crippen LogP contribution in [0.2, 0.25) is 0 Å². The molecule has 0 bridgehead atoms. The summed E-state index contributed by atoms with van der Waals surface area (Å²) in [5.41, 5.74) is 1.30. The fourth-order valence-electron chi connectivity index (χ4n) is 2.75. The highest BCUT2D eigenvalue weighted by Gasteiger charge is 2.26. The minimum Gasteiger partial charge on any atom is -0.460 e. The molecule has 0 aromatic carbocycles. The molecule has 2 heterocycles. The fourth-order valence-corrected chi connectivity index (χ4v) is 2.75. The lowest BCUT2D eigenvalue weighted by Crippen LogP contribution is -2.26. The van der Waals surface area contributed by atoms with E-state index in [1.165, 1.54) is 12.5 Å². The van der Waals surface area contributed by atoms with Crippen molar-refractivity contribution in [2.75, 3.05) is 5.32 Å². The number of aromatic nitrogens is 1. The van der Waals surface area contributed by atoms with Gasteiger partial charge in [-0.05, 0) is 25.7 Å². The quantitative estimate of drug-likeness (QED) is 0.686. The zero-order valence-corrected chi connectivity index (χ0v) is 11.3. The third-order valence-electron chi connectivity index (χ3n) is 3.91. The number of pyridine rings is 1. The Morgan fingerprint density at radius 1 is 1.43 bits per heavy atom. The van der Waals surface area contributed by atoms with Gasteiger partial charge in [0.25, 0.3) is 0 Å². The average molecular weight is 286 g/mol. The summed E-state index contributed by atoms with van der Waals surface area (Å²) in [5.74, 6) is 0.0964. The van der Waals surface area contributed by atoms with Gasteiger partial charge in [-0.1, -0.05) is 0 Å². The highest BCUT2D eigenvalue weighted by molar-refractivity contribution is 5.91. The number of hydrogen-bond donors (Lipinski definition) is 1. The van der Waals surface area contributed by atoms with Crippen LogP contribution >= 0.6 is 0 Å². The molecule has 7 heteroatoms. The summed E-state index contributed by atoms with van der Waals surface area (Å²) in [6.45, 7) is 0. The largest absolute Gasteiger partial charge is 0.460 e. The number of hydrogen-bond acceptors (Lipinski definition) is 6. The van der Waals surface area contributed by atoms with E-state index in [9.17, 15) is 10.1 Å². The van der Waals surface area contributed by atoms with Crippen LogP contribution in [-0.2, 0) is 0 Å². The maximum absolute atomic E-state index is 11.2. The number of nitrogens with zero attached hydrogens (tertiary/aromatic N) is 3. The molecule has 2 aromatic rings. The Morgan fingerprint density at radius 2 is 2.19 bits per heavy atom. The second-order valence-electron chi connectivity index (χ2n) is 5.23. The molecule has 1 fully saturated rings. The van der Waals surface area contributed by atoms with E-state index in [2.05, 4.69) is 16.4 Å². The van der Waals surface area contributed by atoms with Gasteiger partial charge in [0.05, 0.1) is 17.3 Å². The first-order valence-corrected chi connectivity index (χ1v) is 6.86. The van der Waals surface area contributed by atoms with Gasteiger partial charge in [-0.3, -0.25) is 10.1 Å². The Balaban J connectivity index is 1.89. The van der Waals surface area contributed by atoms with Gasteiger partial charge in [0.1, 0.15) is 11.7 Å². The fraction of sp³-hybridized carbons (Fsp3) is 0.429. The first kappa shape index (κ1) is 13.4. The normalized spacial score (nSPS) is 21.9. The smallest absolute Gasteiger partial charge is 0.314 e. The SMILES string of the molecule is N#CC1CCC(Nc2c([N+](=O)[O-])cnc3ccoc23)CC1. The van der Waals surface area contributed by atoms with Crippen molar-refractivity contribution in [3.8, 4) is 6.07 Å². The van der Waals surface area contributed by atoms with Gasteiger partial charge in [0.2, 0.25) is 0 Å². The minimum atomic E-state index is -0.460. The van der Waals surface area contributed by atoms with Gasteiger partial charge in [0.15, 0.2) is 11.3 Å². The predicted octanol–water partition coefficient (Wildman–Crippen LogP) is 3.23. The van der Waals surface area contributed by atoms with Crippen LogP contribution in [0.3, 0.4) is 0 Å². The monoisotopic (exact) mass is 286 g/mol. The molecule has 7 nitrogen and oxygen atoms in total. The van der Waals surface area contributed by atoms with Crippen LogP contribution in [-0.4, -0.2) is 15.9 Å². The van der Waals surface area contributed by atoms with E-state index in [0.29, 0.717) is 16.8 Å². The molecule has 0 radical (unpaired) electrons. The number of nitriles is 1. The molecule has 1 saturated carbocycles. The van der Waals surface area contributed by atoms with Crippen LogP contribution in [0, 0.1) is 27.4 Å². The van der Waals surface area contributed by atoms with E-state index >= 15 is 0 Å². The topological polar surface area (TPSA) is 105 Å². The summed E-state index contributed by atoms with van der Waals surface area (Å²) in [5, 5.41) is 23.3. The van der Waals surface area contributed by atoms with E-state index < -0.39 is 4.92 Å². The maximum Gasteiger partial charge on any atom is 0.314 e. The van der Waals surface area contributed by atoms with Gasteiger partial charge in [-0.15, -0.1) is 0 Å². The first-order chi connectivity index (χ1) is 10.2. The van der Waals surface area contributed by atoms with Crippen molar-refractivity contribution in [1.29, 1.82) is 5.26 Å². The lowest BCUT2D eigenvalue weighted by Gasteiger charge is -2.26. The predicted molar refractivity (Wildman–Crippen MR) is 75.6 cm³/mol. The number of anilines is 1. The summed E-state index contributed by atoms with van der Waals surface area (Å²) >= 11 is 0. The highest BCUT2D eigenvalue weighted by atomic mass is 16.6. The van der Waals surface area contributed by atoms with Crippen molar-refractivity contribution in [2.45, 2.75) is 31.7 Å². The first-order valence-electron chi connectivity index (χ1n) is 6.86. The molecule has 1 aliphatic carbocycles. The maximum atomic E-state index is 11.2. The van der Waals surface area contributed by atoms with Crippen molar-refractivity contribution in [3.05, 3.63) is 28.6 Å². The number of nitrogens with one attached hydrogen (secondary N) is 1. The Hall–Kier alpha value is -2.62.